The van der Waals surface area contributed by atoms with Gasteiger partial charge in [-0.2, -0.15) is 0 Å². The van der Waals surface area contributed by atoms with Crippen LogP contribution in [0.1, 0.15) is 32.3 Å². The van der Waals surface area contributed by atoms with Crippen molar-refractivity contribution in [2.24, 2.45) is 0 Å². The summed E-state index contributed by atoms with van der Waals surface area (Å²) < 4.78 is 5.48. The third-order valence-corrected chi connectivity index (χ3v) is 3.28. The normalized spacial score (nSPS) is 23.7. The minimum absolute atomic E-state index is 0.476. The van der Waals surface area contributed by atoms with E-state index in [1.165, 1.54) is 0 Å². The molecule has 0 saturated carbocycles. The Labute approximate surface area is 108 Å². The predicted molar refractivity (Wildman–Crippen MR) is 72.0 cm³/mol. The largest absolute Gasteiger partial charge is 0.478 e. The standard InChI is InChI=1S/C13H22N4O/c1-4-18-13-10(3)12(15-8-16-13)17-11-5-6-14-9(2)7-11/h8-9,11,14H,4-7H2,1-3H3,(H,15,16,17). The molecular formula is C13H22N4O. The number of piperidine rings is 1. The number of aromatic nitrogens is 2. The van der Waals surface area contributed by atoms with Crippen LogP contribution in [0.2, 0.25) is 0 Å². The number of nitrogens with zero attached hydrogens (tertiary/aromatic N) is 2. The fraction of sp³-hybridized carbons (Fsp3) is 0.692. The molecule has 1 aromatic heterocycles. The molecule has 1 saturated heterocycles. The van der Waals surface area contributed by atoms with Gasteiger partial charge in [-0.05, 0) is 40.2 Å². The van der Waals surface area contributed by atoms with Gasteiger partial charge in [0, 0.05) is 12.1 Å². The van der Waals surface area contributed by atoms with Crippen molar-refractivity contribution < 1.29 is 4.74 Å². The zero-order chi connectivity index (χ0) is 13.0. The summed E-state index contributed by atoms with van der Waals surface area (Å²) in [7, 11) is 0. The summed E-state index contributed by atoms with van der Waals surface area (Å²) >= 11 is 0. The molecule has 100 valence electrons. The van der Waals surface area contributed by atoms with Gasteiger partial charge in [-0.25, -0.2) is 9.97 Å². The van der Waals surface area contributed by atoms with Gasteiger partial charge in [0.05, 0.1) is 12.2 Å². The van der Waals surface area contributed by atoms with Gasteiger partial charge < -0.3 is 15.4 Å². The van der Waals surface area contributed by atoms with Crippen LogP contribution in [0.25, 0.3) is 0 Å². The summed E-state index contributed by atoms with van der Waals surface area (Å²) in [6.07, 6.45) is 3.80. The van der Waals surface area contributed by atoms with E-state index in [9.17, 15) is 0 Å². The molecule has 1 aliphatic rings. The van der Waals surface area contributed by atoms with Crippen LogP contribution in [0.15, 0.2) is 6.33 Å². The summed E-state index contributed by atoms with van der Waals surface area (Å²) in [6.45, 7) is 7.86. The van der Waals surface area contributed by atoms with Gasteiger partial charge in [0.2, 0.25) is 5.88 Å². The van der Waals surface area contributed by atoms with Gasteiger partial charge in [-0.3, -0.25) is 0 Å². The number of hydrogen-bond donors (Lipinski definition) is 2. The molecule has 2 N–H and O–H groups in total. The minimum atomic E-state index is 0.476. The monoisotopic (exact) mass is 250 g/mol. The highest BCUT2D eigenvalue weighted by atomic mass is 16.5. The first-order chi connectivity index (χ1) is 8.70. The van der Waals surface area contributed by atoms with Crippen molar-refractivity contribution in [3.63, 3.8) is 0 Å². The second kappa shape index (κ2) is 6.00. The molecule has 1 aromatic rings. The lowest BCUT2D eigenvalue weighted by Gasteiger charge is -2.29. The number of rotatable bonds is 4. The van der Waals surface area contributed by atoms with Crippen LogP contribution >= 0.6 is 0 Å². The third-order valence-electron chi connectivity index (χ3n) is 3.28. The Bertz CT molecular complexity index is 397. The molecule has 0 amide bonds. The molecule has 1 aliphatic heterocycles. The van der Waals surface area contributed by atoms with Crippen molar-refractivity contribution in [2.75, 3.05) is 18.5 Å². The Morgan fingerprint density at radius 3 is 3.06 bits per heavy atom. The first-order valence-corrected chi connectivity index (χ1v) is 6.65. The van der Waals surface area contributed by atoms with Crippen molar-refractivity contribution in [2.45, 2.75) is 45.7 Å². The lowest BCUT2D eigenvalue weighted by molar-refractivity contribution is 0.323. The van der Waals surface area contributed by atoms with Gasteiger partial charge in [-0.1, -0.05) is 0 Å². The van der Waals surface area contributed by atoms with Crippen molar-refractivity contribution in [1.29, 1.82) is 0 Å². The van der Waals surface area contributed by atoms with E-state index in [1.807, 2.05) is 13.8 Å². The lowest BCUT2D eigenvalue weighted by Crippen LogP contribution is -2.41. The van der Waals surface area contributed by atoms with Crippen molar-refractivity contribution in [1.82, 2.24) is 15.3 Å². The second-order valence-corrected chi connectivity index (χ2v) is 4.81. The zero-order valence-electron chi connectivity index (χ0n) is 11.4. The highest BCUT2D eigenvalue weighted by Crippen LogP contribution is 2.22. The summed E-state index contributed by atoms with van der Waals surface area (Å²) in [6, 6.07) is 1.04. The van der Waals surface area contributed by atoms with E-state index >= 15 is 0 Å². The highest BCUT2D eigenvalue weighted by Gasteiger charge is 2.19. The fourth-order valence-electron chi connectivity index (χ4n) is 2.32. The maximum absolute atomic E-state index is 5.48. The molecule has 2 unspecified atom stereocenters. The van der Waals surface area contributed by atoms with E-state index in [4.69, 9.17) is 4.74 Å². The molecule has 0 radical (unpaired) electrons. The summed E-state index contributed by atoms with van der Waals surface area (Å²) in [5.74, 6) is 1.57. The molecule has 5 heteroatoms. The van der Waals surface area contributed by atoms with Gasteiger partial charge in [0.25, 0.3) is 0 Å². The SMILES string of the molecule is CCOc1ncnc(NC2CCNC(C)C2)c1C. The molecule has 0 aromatic carbocycles. The average Bonchev–Trinajstić information content (AvgIpc) is 2.35. The topological polar surface area (TPSA) is 59.1 Å². The van der Waals surface area contributed by atoms with E-state index in [0.717, 1.165) is 30.8 Å². The number of ether oxygens (including phenoxy) is 1. The van der Waals surface area contributed by atoms with Crippen LogP contribution < -0.4 is 15.4 Å². The van der Waals surface area contributed by atoms with Crippen molar-refractivity contribution in [3.8, 4) is 5.88 Å². The van der Waals surface area contributed by atoms with Crippen molar-refractivity contribution >= 4 is 5.82 Å². The molecular weight excluding hydrogens is 228 g/mol. The van der Waals surface area contributed by atoms with Crippen molar-refractivity contribution in [3.05, 3.63) is 11.9 Å². The van der Waals surface area contributed by atoms with E-state index in [-0.39, 0.29) is 0 Å². The quantitative estimate of drug-likeness (QED) is 0.852. The van der Waals surface area contributed by atoms with E-state index in [2.05, 4.69) is 27.5 Å². The number of anilines is 1. The van der Waals surface area contributed by atoms with Crippen LogP contribution in [0.4, 0.5) is 5.82 Å². The maximum Gasteiger partial charge on any atom is 0.221 e. The first-order valence-electron chi connectivity index (χ1n) is 6.65. The molecule has 0 bridgehead atoms. The lowest BCUT2D eigenvalue weighted by atomic mass is 10.0. The highest BCUT2D eigenvalue weighted by molar-refractivity contribution is 5.48. The van der Waals surface area contributed by atoms with Crippen LogP contribution in [0.5, 0.6) is 5.88 Å². The van der Waals surface area contributed by atoms with Gasteiger partial charge in [-0.15, -0.1) is 0 Å². The summed E-state index contributed by atoms with van der Waals surface area (Å²) in [4.78, 5) is 8.47. The molecule has 5 nitrogen and oxygen atoms in total. The molecule has 0 aliphatic carbocycles. The van der Waals surface area contributed by atoms with E-state index < -0.39 is 0 Å². The van der Waals surface area contributed by atoms with Crippen LogP contribution in [-0.2, 0) is 0 Å². The van der Waals surface area contributed by atoms with Gasteiger partial charge in [0.1, 0.15) is 12.1 Å². The minimum Gasteiger partial charge on any atom is -0.478 e. The number of nitrogens with one attached hydrogen (secondary N) is 2. The fourth-order valence-corrected chi connectivity index (χ4v) is 2.32. The zero-order valence-corrected chi connectivity index (χ0v) is 11.4. The Morgan fingerprint density at radius 2 is 2.33 bits per heavy atom. The Morgan fingerprint density at radius 1 is 1.50 bits per heavy atom. The Kier molecular flexibility index (Phi) is 4.36. The maximum atomic E-state index is 5.48. The predicted octanol–water partition coefficient (Wildman–Crippen LogP) is 1.74. The number of hydrogen-bond acceptors (Lipinski definition) is 5. The molecule has 1 fully saturated rings. The van der Waals surface area contributed by atoms with Crippen LogP contribution in [-0.4, -0.2) is 35.2 Å². The molecule has 2 atom stereocenters. The molecule has 2 rings (SSSR count). The summed E-state index contributed by atoms with van der Waals surface area (Å²) in [5, 5.41) is 6.95. The molecule has 2 heterocycles. The Hall–Kier alpha value is -1.36. The first kappa shape index (κ1) is 13.1. The van der Waals surface area contributed by atoms with Crippen LogP contribution in [0, 0.1) is 6.92 Å². The third kappa shape index (κ3) is 3.10. The average molecular weight is 250 g/mol. The van der Waals surface area contributed by atoms with Gasteiger partial charge in [0.15, 0.2) is 0 Å². The van der Waals surface area contributed by atoms with Gasteiger partial charge >= 0.3 is 0 Å². The summed E-state index contributed by atoms with van der Waals surface area (Å²) in [5.41, 5.74) is 0.991. The molecule has 0 spiro atoms. The van der Waals surface area contributed by atoms with E-state index in [1.54, 1.807) is 6.33 Å². The molecule has 18 heavy (non-hydrogen) atoms. The smallest absolute Gasteiger partial charge is 0.221 e. The second-order valence-electron chi connectivity index (χ2n) is 4.81. The Balaban J connectivity index is 2.06. The van der Waals surface area contributed by atoms with E-state index in [0.29, 0.717) is 24.6 Å². The van der Waals surface area contributed by atoms with Crippen LogP contribution in [0.3, 0.4) is 0 Å².